The van der Waals surface area contributed by atoms with Gasteiger partial charge in [-0.05, 0) is 49.5 Å². The first-order valence-electron chi connectivity index (χ1n) is 8.07. The molecule has 1 aromatic rings. The van der Waals surface area contributed by atoms with Crippen LogP contribution in [0.2, 0.25) is 0 Å². The standard InChI is InChI=1S/C18H25NO/c1-14-13-17(14)18(20)19-11-9-16(10-12-19)8-7-15-5-3-2-4-6-15/h2-6,14,16-17H,7-13H2,1H3/t14-,17-/m0/s1. The number of carbonyl (C=O) groups is 1. The number of piperidine rings is 1. The fourth-order valence-corrected chi connectivity index (χ4v) is 3.36. The summed E-state index contributed by atoms with van der Waals surface area (Å²) < 4.78 is 0. The molecule has 2 nitrogen and oxygen atoms in total. The molecule has 2 fully saturated rings. The first-order chi connectivity index (χ1) is 9.74. The molecule has 3 rings (SSSR count). The lowest BCUT2D eigenvalue weighted by atomic mass is 9.90. The molecule has 108 valence electrons. The summed E-state index contributed by atoms with van der Waals surface area (Å²) in [5.74, 6) is 2.23. The van der Waals surface area contributed by atoms with Crippen LogP contribution in [-0.2, 0) is 11.2 Å². The van der Waals surface area contributed by atoms with E-state index in [1.165, 1.54) is 31.2 Å². The number of hydrogen-bond donors (Lipinski definition) is 0. The van der Waals surface area contributed by atoms with Crippen LogP contribution in [0.1, 0.15) is 38.2 Å². The van der Waals surface area contributed by atoms with Gasteiger partial charge < -0.3 is 4.90 Å². The second kappa shape index (κ2) is 5.99. The molecule has 1 heterocycles. The van der Waals surface area contributed by atoms with Crippen LogP contribution in [0.5, 0.6) is 0 Å². The van der Waals surface area contributed by atoms with Crippen molar-refractivity contribution in [1.29, 1.82) is 0 Å². The minimum atomic E-state index is 0.357. The van der Waals surface area contributed by atoms with Gasteiger partial charge in [0.25, 0.3) is 0 Å². The molecule has 1 saturated heterocycles. The van der Waals surface area contributed by atoms with E-state index in [0.717, 1.165) is 25.4 Å². The molecule has 0 bridgehead atoms. The number of likely N-dealkylation sites (tertiary alicyclic amines) is 1. The summed E-state index contributed by atoms with van der Waals surface area (Å²) in [5, 5.41) is 0. The van der Waals surface area contributed by atoms with Crippen molar-refractivity contribution in [3.63, 3.8) is 0 Å². The Bertz CT molecular complexity index is 448. The zero-order chi connectivity index (χ0) is 13.9. The van der Waals surface area contributed by atoms with Crippen molar-refractivity contribution in [3.8, 4) is 0 Å². The molecule has 2 atom stereocenters. The lowest BCUT2D eigenvalue weighted by Gasteiger charge is -2.32. The van der Waals surface area contributed by atoms with Gasteiger partial charge in [-0.1, -0.05) is 37.3 Å². The van der Waals surface area contributed by atoms with Crippen LogP contribution in [-0.4, -0.2) is 23.9 Å². The lowest BCUT2D eigenvalue weighted by Crippen LogP contribution is -2.39. The van der Waals surface area contributed by atoms with Gasteiger partial charge in [0.2, 0.25) is 5.91 Å². The van der Waals surface area contributed by atoms with E-state index < -0.39 is 0 Å². The fraction of sp³-hybridized carbons (Fsp3) is 0.611. The minimum absolute atomic E-state index is 0.357. The number of rotatable bonds is 4. The highest BCUT2D eigenvalue weighted by Crippen LogP contribution is 2.40. The summed E-state index contributed by atoms with van der Waals surface area (Å²) >= 11 is 0. The van der Waals surface area contributed by atoms with Crippen molar-refractivity contribution >= 4 is 5.91 Å². The van der Waals surface area contributed by atoms with E-state index in [-0.39, 0.29) is 0 Å². The molecule has 0 N–H and O–H groups in total. The summed E-state index contributed by atoms with van der Waals surface area (Å²) in [6.45, 7) is 4.16. The smallest absolute Gasteiger partial charge is 0.225 e. The van der Waals surface area contributed by atoms with Crippen LogP contribution in [0, 0.1) is 17.8 Å². The molecule has 2 aliphatic rings. The number of nitrogens with zero attached hydrogens (tertiary/aromatic N) is 1. The van der Waals surface area contributed by atoms with Gasteiger partial charge in [-0.3, -0.25) is 4.79 Å². The quantitative estimate of drug-likeness (QED) is 0.820. The Labute approximate surface area is 122 Å². The van der Waals surface area contributed by atoms with Crippen LogP contribution in [0.3, 0.4) is 0 Å². The predicted molar refractivity (Wildman–Crippen MR) is 81.3 cm³/mol. The average Bonchev–Trinajstić information content (AvgIpc) is 3.23. The van der Waals surface area contributed by atoms with Crippen LogP contribution >= 0.6 is 0 Å². The van der Waals surface area contributed by atoms with E-state index in [9.17, 15) is 4.79 Å². The topological polar surface area (TPSA) is 20.3 Å². The molecule has 1 amide bonds. The van der Waals surface area contributed by atoms with E-state index in [1.807, 2.05) is 0 Å². The second-order valence-corrected chi connectivity index (χ2v) is 6.61. The normalized spacial score (nSPS) is 26.6. The number of carbonyl (C=O) groups excluding carboxylic acids is 1. The van der Waals surface area contributed by atoms with E-state index in [1.54, 1.807) is 0 Å². The summed E-state index contributed by atoms with van der Waals surface area (Å²) in [4.78, 5) is 14.3. The molecule has 0 aromatic heterocycles. The van der Waals surface area contributed by atoms with Crippen LogP contribution < -0.4 is 0 Å². The van der Waals surface area contributed by atoms with Crippen LogP contribution in [0.25, 0.3) is 0 Å². The van der Waals surface area contributed by atoms with E-state index in [4.69, 9.17) is 0 Å². The maximum Gasteiger partial charge on any atom is 0.225 e. The molecule has 1 aromatic carbocycles. The average molecular weight is 271 g/mol. The van der Waals surface area contributed by atoms with Gasteiger partial charge in [0, 0.05) is 19.0 Å². The van der Waals surface area contributed by atoms with Crippen molar-refractivity contribution in [2.75, 3.05) is 13.1 Å². The van der Waals surface area contributed by atoms with Crippen LogP contribution in [0.15, 0.2) is 30.3 Å². The third-order valence-electron chi connectivity index (χ3n) is 5.04. The van der Waals surface area contributed by atoms with Gasteiger partial charge in [0.1, 0.15) is 0 Å². The SMILES string of the molecule is C[C@H]1C[C@@H]1C(=O)N1CCC(CCc2ccccc2)CC1. The van der Waals surface area contributed by atoms with E-state index >= 15 is 0 Å². The maximum absolute atomic E-state index is 12.2. The largest absolute Gasteiger partial charge is 0.342 e. The van der Waals surface area contributed by atoms with Crippen molar-refractivity contribution in [3.05, 3.63) is 35.9 Å². The third kappa shape index (κ3) is 3.23. The second-order valence-electron chi connectivity index (χ2n) is 6.61. The number of hydrogen-bond acceptors (Lipinski definition) is 1. The summed E-state index contributed by atoms with van der Waals surface area (Å²) in [6.07, 6.45) is 5.96. The zero-order valence-corrected chi connectivity index (χ0v) is 12.4. The van der Waals surface area contributed by atoms with Gasteiger partial charge in [-0.2, -0.15) is 0 Å². The molecule has 1 saturated carbocycles. The number of amides is 1. The van der Waals surface area contributed by atoms with Gasteiger partial charge in [0.05, 0.1) is 0 Å². The van der Waals surface area contributed by atoms with Gasteiger partial charge in [-0.15, -0.1) is 0 Å². The zero-order valence-electron chi connectivity index (χ0n) is 12.4. The van der Waals surface area contributed by atoms with Crippen LogP contribution in [0.4, 0.5) is 0 Å². The highest BCUT2D eigenvalue weighted by Gasteiger charge is 2.41. The predicted octanol–water partition coefficient (Wildman–Crippen LogP) is 3.51. The number of benzene rings is 1. The highest BCUT2D eigenvalue weighted by molar-refractivity contribution is 5.81. The summed E-state index contributed by atoms with van der Waals surface area (Å²) in [7, 11) is 0. The third-order valence-corrected chi connectivity index (χ3v) is 5.04. The molecule has 20 heavy (non-hydrogen) atoms. The molecule has 1 aliphatic heterocycles. The molecule has 0 radical (unpaired) electrons. The highest BCUT2D eigenvalue weighted by atomic mass is 16.2. The molecule has 2 heteroatoms. The summed E-state index contributed by atoms with van der Waals surface area (Å²) in [5.41, 5.74) is 1.44. The molecule has 1 aliphatic carbocycles. The fourth-order valence-electron chi connectivity index (χ4n) is 3.36. The lowest BCUT2D eigenvalue weighted by molar-refractivity contribution is -0.134. The first-order valence-corrected chi connectivity index (χ1v) is 8.07. The van der Waals surface area contributed by atoms with Crippen molar-refractivity contribution in [2.24, 2.45) is 17.8 Å². The maximum atomic E-state index is 12.2. The monoisotopic (exact) mass is 271 g/mol. The number of aryl methyl sites for hydroxylation is 1. The first kappa shape index (κ1) is 13.7. The summed E-state index contributed by atoms with van der Waals surface area (Å²) in [6, 6.07) is 10.7. The Morgan fingerprint density at radius 1 is 1.20 bits per heavy atom. The molecular formula is C18H25NO. The van der Waals surface area contributed by atoms with E-state index in [2.05, 4.69) is 42.2 Å². The minimum Gasteiger partial charge on any atom is -0.342 e. The Hall–Kier alpha value is -1.31. The van der Waals surface area contributed by atoms with Crippen molar-refractivity contribution in [1.82, 2.24) is 4.90 Å². The van der Waals surface area contributed by atoms with Gasteiger partial charge in [-0.25, -0.2) is 0 Å². The van der Waals surface area contributed by atoms with Gasteiger partial charge in [0.15, 0.2) is 0 Å². The molecule has 0 spiro atoms. The molecule has 0 unspecified atom stereocenters. The van der Waals surface area contributed by atoms with Crippen molar-refractivity contribution < 1.29 is 4.79 Å². The molecular weight excluding hydrogens is 246 g/mol. The van der Waals surface area contributed by atoms with Crippen molar-refractivity contribution in [2.45, 2.75) is 39.0 Å². The Kier molecular flexibility index (Phi) is 4.09. The Morgan fingerprint density at radius 3 is 2.45 bits per heavy atom. The van der Waals surface area contributed by atoms with Gasteiger partial charge >= 0.3 is 0 Å². The Morgan fingerprint density at radius 2 is 1.85 bits per heavy atom. The van der Waals surface area contributed by atoms with E-state index in [0.29, 0.717) is 17.7 Å². The Balaban J connectivity index is 1.41.